The van der Waals surface area contributed by atoms with E-state index in [1.165, 1.54) is 4.90 Å². The van der Waals surface area contributed by atoms with E-state index in [4.69, 9.17) is 0 Å². The third-order valence-electron chi connectivity index (χ3n) is 1.90. The van der Waals surface area contributed by atoms with Crippen LogP contribution >= 0.6 is 15.9 Å². The van der Waals surface area contributed by atoms with Gasteiger partial charge in [0.25, 0.3) is 5.91 Å². The lowest BCUT2D eigenvalue weighted by molar-refractivity contribution is 0.0816. The standard InChI is InChI=1S/C9H9BrN4O/c1-13(2)9(15)8-11-7-5-6(10)3-4-14(7)12-8/h3-5H,1-2H3. The highest BCUT2D eigenvalue weighted by Crippen LogP contribution is 2.11. The third-order valence-corrected chi connectivity index (χ3v) is 2.39. The fraction of sp³-hybridized carbons (Fsp3) is 0.222. The summed E-state index contributed by atoms with van der Waals surface area (Å²) in [5.41, 5.74) is 0.648. The zero-order chi connectivity index (χ0) is 11.0. The Kier molecular flexibility index (Phi) is 2.44. The van der Waals surface area contributed by atoms with Crippen molar-refractivity contribution in [1.82, 2.24) is 19.5 Å². The number of pyridine rings is 1. The maximum absolute atomic E-state index is 11.6. The summed E-state index contributed by atoms with van der Waals surface area (Å²) in [6.07, 6.45) is 1.75. The van der Waals surface area contributed by atoms with Gasteiger partial charge in [0, 0.05) is 24.8 Å². The fourth-order valence-electron chi connectivity index (χ4n) is 1.15. The molecule has 15 heavy (non-hydrogen) atoms. The molecule has 0 aliphatic carbocycles. The number of aromatic nitrogens is 3. The smallest absolute Gasteiger partial charge is 0.293 e. The number of carbonyl (C=O) groups is 1. The van der Waals surface area contributed by atoms with E-state index in [2.05, 4.69) is 26.0 Å². The monoisotopic (exact) mass is 268 g/mol. The average Bonchev–Trinajstić information content (AvgIpc) is 2.58. The van der Waals surface area contributed by atoms with Crippen LogP contribution in [0.15, 0.2) is 22.8 Å². The third kappa shape index (κ3) is 1.85. The highest BCUT2D eigenvalue weighted by Gasteiger charge is 2.14. The molecule has 0 aliphatic rings. The van der Waals surface area contributed by atoms with Crippen molar-refractivity contribution in [3.63, 3.8) is 0 Å². The minimum absolute atomic E-state index is 0.199. The predicted molar refractivity (Wildman–Crippen MR) is 58.7 cm³/mol. The molecule has 0 atom stereocenters. The van der Waals surface area contributed by atoms with Gasteiger partial charge in [0.1, 0.15) is 0 Å². The zero-order valence-electron chi connectivity index (χ0n) is 8.31. The number of rotatable bonds is 1. The Morgan fingerprint density at radius 1 is 1.53 bits per heavy atom. The van der Waals surface area contributed by atoms with Crippen molar-refractivity contribution in [1.29, 1.82) is 0 Å². The van der Waals surface area contributed by atoms with Crippen molar-refractivity contribution in [3.05, 3.63) is 28.6 Å². The van der Waals surface area contributed by atoms with E-state index >= 15 is 0 Å². The van der Waals surface area contributed by atoms with Crippen molar-refractivity contribution >= 4 is 27.5 Å². The number of carbonyl (C=O) groups excluding carboxylic acids is 1. The van der Waals surface area contributed by atoms with Gasteiger partial charge in [-0.25, -0.2) is 9.50 Å². The molecule has 0 unspecified atom stereocenters. The summed E-state index contributed by atoms with van der Waals surface area (Å²) in [4.78, 5) is 17.1. The molecule has 78 valence electrons. The van der Waals surface area contributed by atoms with Crippen LogP contribution in [0.5, 0.6) is 0 Å². The Morgan fingerprint density at radius 2 is 2.27 bits per heavy atom. The van der Waals surface area contributed by atoms with Crippen LogP contribution in [0.4, 0.5) is 0 Å². The van der Waals surface area contributed by atoms with Gasteiger partial charge in [-0.15, -0.1) is 5.10 Å². The van der Waals surface area contributed by atoms with E-state index in [9.17, 15) is 4.79 Å². The predicted octanol–water partition coefficient (Wildman–Crippen LogP) is 1.19. The minimum atomic E-state index is -0.199. The Balaban J connectivity index is 2.52. The van der Waals surface area contributed by atoms with E-state index in [1.807, 2.05) is 6.07 Å². The van der Waals surface area contributed by atoms with Crippen LogP contribution in [0.25, 0.3) is 5.65 Å². The molecule has 0 aliphatic heterocycles. The first-order valence-electron chi connectivity index (χ1n) is 4.31. The van der Waals surface area contributed by atoms with Gasteiger partial charge in [0.2, 0.25) is 5.82 Å². The molecule has 0 radical (unpaired) electrons. The number of halogens is 1. The van der Waals surface area contributed by atoms with Gasteiger partial charge < -0.3 is 4.90 Å². The van der Waals surface area contributed by atoms with Crippen LogP contribution in [0.3, 0.4) is 0 Å². The second-order valence-corrected chi connectivity index (χ2v) is 4.20. The Bertz CT molecular complexity index is 520. The van der Waals surface area contributed by atoms with Crippen LogP contribution in [0, 0.1) is 0 Å². The molecule has 2 aromatic heterocycles. The molecule has 0 N–H and O–H groups in total. The van der Waals surface area contributed by atoms with Crippen molar-refractivity contribution in [2.75, 3.05) is 14.1 Å². The molecule has 0 spiro atoms. The Morgan fingerprint density at radius 3 is 2.93 bits per heavy atom. The molecular formula is C9H9BrN4O. The zero-order valence-corrected chi connectivity index (χ0v) is 9.89. The lowest BCUT2D eigenvalue weighted by Gasteiger charge is -2.04. The van der Waals surface area contributed by atoms with Crippen molar-refractivity contribution in [3.8, 4) is 0 Å². The van der Waals surface area contributed by atoms with Gasteiger partial charge in [-0.3, -0.25) is 4.79 Å². The normalized spacial score (nSPS) is 10.6. The molecular weight excluding hydrogens is 260 g/mol. The molecule has 0 saturated heterocycles. The lowest BCUT2D eigenvalue weighted by atomic mass is 10.5. The van der Waals surface area contributed by atoms with Crippen LogP contribution in [-0.2, 0) is 0 Å². The molecule has 2 aromatic rings. The summed E-state index contributed by atoms with van der Waals surface area (Å²) in [5.74, 6) is 0.00734. The van der Waals surface area contributed by atoms with E-state index in [0.717, 1.165) is 4.47 Å². The van der Waals surface area contributed by atoms with Crippen LogP contribution in [0.2, 0.25) is 0 Å². The Hall–Kier alpha value is -1.43. The topological polar surface area (TPSA) is 50.5 Å². The molecule has 2 heterocycles. The van der Waals surface area contributed by atoms with Crippen molar-refractivity contribution in [2.24, 2.45) is 0 Å². The summed E-state index contributed by atoms with van der Waals surface area (Å²) >= 11 is 3.33. The highest BCUT2D eigenvalue weighted by atomic mass is 79.9. The maximum Gasteiger partial charge on any atom is 0.293 e. The molecule has 0 fully saturated rings. The summed E-state index contributed by atoms with van der Waals surface area (Å²) in [7, 11) is 3.34. The molecule has 0 aromatic carbocycles. The van der Waals surface area contributed by atoms with Gasteiger partial charge >= 0.3 is 0 Å². The summed E-state index contributed by atoms with van der Waals surface area (Å²) in [6, 6.07) is 3.64. The minimum Gasteiger partial charge on any atom is -0.342 e. The van der Waals surface area contributed by atoms with E-state index < -0.39 is 0 Å². The van der Waals surface area contributed by atoms with Gasteiger partial charge in [0.05, 0.1) is 0 Å². The first kappa shape index (κ1) is 10.1. The SMILES string of the molecule is CN(C)C(=O)c1nc2cc(Br)ccn2n1. The Labute approximate surface area is 94.8 Å². The van der Waals surface area contributed by atoms with Crippen LogP contribution < -0.4 is 0 Å². The molecule has 2 rings (SSSR count). The largest absolute Gasteiger partial charge is 0.342 e. The first-order valence-corrected chi connectivity index (χ1v) is 5.11. The van der Waals surface area contributed by atoms with E-state index in [0.29, 0.717) is 5.65 Å². The van der Waals surface area contributed by atoms with Gasteiger partial charge in [-0.1, -0.05) is 15.9 Å². The highest BCUT2D eigenvalue weighted by molar-refractivity contribution is 9.10. The molecule has 0 bridgehead atoms. The molecule has 5 nitrogen and oxygen atoms in total. The average molecular weight is 269 g/mol. The molecule has 6 heteroatoms. The van der Waals surface area contributed by atoms with Crippen LogP contribution in [0.1, 0.15) is 10.6 Å². The number of hydrogen-bond acceptors (Lipinski definition) is 3. The molecule has 0 saturated carbocycles. The number of fused-ring (bicyclic) bond motifs is 1. The van der Waals surface area contributed by atoms with E-state index in [-0.39, 0.29) is 11.7 Å². The summed E-state index contributed by atoms with van der Waals surface area (Å²) in [6.45, 7) is 0. The summed E-state index contributed by atoms with van der Waals surface area (Å²) in [5, 5.41) is 4.07. The summed E-state index contributed by atoms with van der Waals surface area (Å²) < 4.78 is 2.48. The van der Waals surface area contributed by atoms with Gasteiger partial charge in [0.15, 0.2) is 5.65 Å². The number of amides is 1. The second kappa shape index (κ2) is 3.62. The first-order chi connectivity index (χ1) is 7.08. The number of nitrogens with zero attached hydrogens (tertiary/aromatic N) is 4. The van der Waals surface area contributed by atoms with Gasteiger partial charge in [-0.2, -0.15) is 0 Å². The number of hydrogen-bond donors (Lipinski definition) is 0. The quantitative estimate of drug-likeness (QED) is 0.781. The molecule has 1 amide bonds. The van der Waals surface area contributed by atoms with Crippen molar-refractivity contribution in [2.45, 2.75) is 0 Å². The van der Waals surface area contributed by atoms with Crippen molar-refractivity contribution < 1.29 is 4.79 Å². The fourth-order valence-corrected chi connectivity index (χ4v) is 1.47. The lowest BCUT2D eigenvalue weighted by Crippen LogP contribution is -2.22. The van der Waals surface area contributed by atoms with Crippen LogP contribution in [-0.4, -0.2) is 39.5 Å². The second-order valence-electron chi connectivity index (χ2n) is 3.28. The van der Waals surface area contributed by atoms with Gasteiger partial charge in [-0.05, 0) is 12.1 Å². The van der Waals surface area contributed by atoms with E-state index in [1.54, 1.807) is 30.9 Å². The maximum atomic E-state index is 11.6.